The number of halogens is 1. The Morgan fingerprint density at radius 1 is 1.13 bits per heavy atom. The second-order valence-corrected chi connectivity index (χ2v) is 7.95. The van der Waals surface area contributed by atoms with E-state index < -0.39 is 0 Å². The summed E-state index contributed by atoms with van der Waals surface area (Å²) in [6, 6.07) is 20.9. The molecule has 0 radical (unpaired) electrons. The Balaban J connectivity index is 1.51. The van der Waals surface area contributed by atoms with Crippen LogP contribution in [0.3, 0.4) is 0 Å². The van der Waals surface area contributed by atoms with Crippen LogP contribution in [0.25, 0.3) is 28.6 Å². The van der Waals surface area contributed by atoms with E-state index in [2.05, 4.69) is 36.3 Å². The van der Waals surface area contributed by atoms with E-state index in [1.165, 1.54) is 11.6 Å². The topological polar surface area (TPSA) is 55.1 Å². The summed E-state index contributed by atoms with van der Waals surface area (Å²) in [6.07, 6.45) is 4.31. The maximum atomic E-state index is 12.3. The minimum absolute atomic E-state index is 0.220. The summed E-state index contributed by atoms with van der Waals surface area (Å²) >= 11 is 5.88. The number of benzene rings is 3. The molecule has 3 aromatic carbocycles. The molecule has 1 amide bonds. The molecular formula is C26H23ClN2O2. The van der Waals surface area contributed by atoms with Crippen LogP contribution in [0.5, 0.6) is 0 Å². The van der Waals surface area contributed by atoms with Crippen molar-refractivity contribution in [3.63, 3.8) is 0 Å². The number of nitrogens with zero attached hydrogens (tertiary/aromatic N) is 1. The van der Waals surface area contributed by atoms with Gasteiger partial charge in [0, 0.05) is 22.3 Å². The summed E-state index contributed by atoms with van der Waals surface area (Å²) in [4.78, 5) is 17.0. The Hall–Kier alpha value is -3.37. The third-order valence-electron chi connectivity index (χ3n) is 5.27. The fourth-order valence-corrected chi connectivity index (χ4v) is 3.40. The Morgan fingerprint density at radius 2 is 1.94 bits per heavy atom. The van der Waals surface area contributed by atoms with Gasteiger partial charge in [-0.05, 0) is 72.0 Å². The van der Waals surface area contributed by atoms with Gasteiger partial charge in [0.05, 0.1) is 0 Å². The normalized spacial score (nSPS) is 12.4. The quantitative estimate of drug-likeness (QED) is 0.326. The van der Waals surface area contributed by atoms with Crippen LogP contribution in [0.15, 0.2) is 77.2 Å². The molecule has 4 rings (SSSR count). The number of amides is 1. The molecule has 0 fully saturated rings. The highest BCUT2D eigenvalue weighted by molar-refractivity contribution is 6.30. The molecule has 1 atom stereocenters. The Kier molecular flexibility index (Phi) is 6.19. The first-order valence-electron chi connectivity index (χ1n) is 10.3. The summed E-state index contributed by atoms with van der Waals surface area (Å²) in [7, 11) is 0. The van der Waals surface area contributed by atoms with Crippen LogP contribution in [0.2, 0.25) is 5.02 Å². The maximum Gasteiger partial charge on any atom is 0.248 e. The van der Waals surface area contributed by atoms with Crippen molar-refractivity contribution in [2.75, 3.05) is 5.32 Å². The molecule has 0 aliphatic rings. The van der Waals surface area contributed by atoms with Crippen molar-refractivity contribution >= 4 is 40.4 Å². The van der Waals surface area contributed by atoms with Crippen LogP contribution in [0.1, 0.15) is 37.3 Å². The van der Waals surface area contributed by atoms with Crippen LogP contribution in [0, 0.1) is 0 Å². The Bertz CT molecular complexity index is 1240. The van der Waals surface area contributed by atoms with Crippen molar-refractivity contribution in [1.29, 1.82) is 0 Å². The molecule has 4 aromatic rings. The zero-order valence-corrected chi connectivity index (χ0v) is 18.2. The lowest BCUT2D eigenvalue weighted by Gasteiger charge is -2.07. The van der Waals surface area contributed by atoms with Crippen molar-refractivity contribution in [2.24, 2.45) is 0 Å². The number of nitrogens with one attached hydrogen (secondary N) is 1. The lowest BCUT2D eigenvalue weighted by atomic mass is 9.98. The highest BCUT2D eigenvalue weighted by Crippen LogP contribution is 2.29. The average Bonchev–Trinajstić information content (AvgIpc) is 3.22. The van der Waals surface area contributed by atoms with Gasteiger partial charge in [-0.1, -0.05) is 49.7 Å². The molecule has 156 valence electrons. The molecule has 31 heavy (non-hydrogen) atoms. The molecule has 5 heteroatoms. The molecule has 0 saturated heterocycles. The summed E-state index contributed by atoms with van der Waals surface area (Å²) in [6.45, 7) is 4.38. The van der Waals surface area contributed by atoms with Crippen LogP contribution >= 0.6 is 11.6 Å². The van der Waals surface area contributed by atoms with Crippen LogP contribution in [-0.2, 0) is 4.79 Å². The van der Waals surface area contributed by atoms with E-state index in [0.717, 1.165) is 28.6 Å². The molecule has 0 saturated carbocycles. The van der Waals surface area contributed by atoms with E-state index >= 15 is 0 Å². The zero-order valence-electron chi connectivity index (χ0n) is 17.4. The van der Waals surface area contributed by atoms with Gasteiger partial charge in [0.15, 0.2) is 5.58 Å². The first-order chi connectivity index (χ1) is 15.0. The SMILES string of the molecule is CC[C@@H](C)c1ccc2oc(-c3cccc(NC(=O)/C=C/c4ccc(Cl)cc4)c3)nc2c1. The highest BCUT2D eigenvalue weighted by Gasteiger charge is 2.11. The number of carbonyl (C=O) groups excluding carboxylic acids is 1. The van der Waals surface area contributed by atoms with Gasteiger partial charge in [-0.25, -0.2) is 4.98 Å². The molecule has 0 unspecified atom stereocenters. The Morgan fingerprint density at radius 3 is 2.71 bits per heavy atom. The summed E-state index contributed by atoms with van der Waals surface area (Å²) < 4.78 is 5.95. The molecular weight excluding hydrogens is 408 g/mol. The fraction of sp³-hybridized carbons (Fsp3) is 0.154. The van der Waals surface area contributed by atoms with E-state index in [1.807, 2.05) is 42.5 Å². The van der Waals surface area contributed by atoms with Crippen molar-refractivity contribution in [1.82, 2.24) is 4.98 Å². The first kappa shape index (κ1) is 20.9. The molecule has 0 aliphatic carbocycles. The first-order valence-corrected chi connectivity index (χ1v) is 10.6. The minimum Gasteiger partial charge on any atom is -0.436 e. The predicted octanol–water partition coefficient (Wildman–Crippen LogP) is 7.31. The largest absolute Gasteiger partial charge is 0.436 e. The number of hydrogen-bond donors (Lipinski definition) is 1. The van der Waals surface area contributed by atoms with Gasteiger partial charge in [-0.15, -0.1) is 0 Å². The van der Waals surface area contributed by atoms with Gasteiger partial charge in [-0.3, -0.25) is 4.79 Å². The second kappa shape index (κ2) is 9.19. The van der Waals surface area contributed by atoms with Crippen molar-refractivity contribution in [3.05, 3.63) is 89.0 Å². The van der Waals surface area contributed by atoms with Gasteiger partial charge in [0.25, 0.3) is 0 Å². The molecule has 0 aliphatic heterocycles. The summed E-state index contributed by atoms with van der Waals surface area (Å²) in [5, 5.41) is 3.54. The number of fused-ring (bicyclic) bond motifs is 1. The third kappa shape index (κ3) is 5.04. The molecule has 1 N–H and O–H groups in total. The standard InChI is InChI=1S/C26H23ClN2O2/c1-3-17(2)19-10-13-24-23(16-19)29-26(31-24)20-5-4-6-22(15-20)28-25(30)14-9-18-7-11-21(27)12-8-18/h4-17H,3H2,1-2H3,(H,28,30)/b14-9+/t17-/m1/s1. The van der Waals surface area contributed by atoms with Gasteiger partial charge in [-0.2, -0.15) is 0 Å². The monoisotopic (exact) mass is 430 g/mol. The summed E-state index contributed by atoms with van der Waals surface area (Å²) in [5.41, 5.74) is 5.22. The number of rotatable bonds is 6. The van der Waals surface area contributed by atoms with Gasteiger partial charge < -0.3 is 9.73 Å². The average molecular weight is 431 g/mol. The molecule has 1 aromatic heterocycles. The van der Waals surface area contributed by atoms with E-state index in [0.29, 0.717) is 22.5 Å². The van der Waals surface area contributed by atoms with E-state index in [4.69, 9.17) is 16.0 Å². The fourth-order valence-electron chi connectivity index (χ4n) is 3.27. The number of anilines is 1. The minimum atomic E-state index is -0.220. The maximum absolute atomic E-state index is 12.3. The van der Waals surface area contributed by atoms with E-state index in [-0.39, 0.29) is 5.91 Å². The second-order valence-electron chi connectivity index (χ2n) is 7.51. The predicted molar refractivity (Wildman–Crippen MR) is 127 cm³/mol. The van der Waals surface area contributed by atoms with Crippen molar-refractivity contribution < 1.29 is 9.21 Å². The van der Waals surface area contributed by atoms with Crippen LogP contribution in [-0.4, -0.2) is 10.9 Å². The highest BCUT2D eigenvalue weighted by atomic mass is 35.5. The van der Waals surface area contributed by atoms with Gasteiger partial charge in [0.2, 0.25) is 11.8 Å². The zero-order chi connectivity index (χ0) is 21.8. The van der Waals surface area contributed by atoms with Crippen LogP contribution in [0.4, 0.5) is 5.69 Å². The molecule has 0 spiro atoms. The molecule has 0 bridgehead atoms. The van der Waals surface area contributed by atoms with Crippen molar-refractivity contribution in [2.45, 2.75) is 26.2 Å². The number of aromatic nitrogens is 1. The van der Waals surface area contributed by atoms with E-state index in [9.17, 15) is 4.79 Å². The number of oxazole rings is 1. The third-order valence-corrected chi connectivity index (χ3v) is 5.52. The number of hydrogen-bond acceptors (Lipinski definition) is 3. The lowest BCUT2D eigenvalue weighted by molar-refractivity contribution is -0.111. The van der Waals surface area contributed by atoms with Crippen LogP contribution < -0.4 is 5.32 Å². The van der Waals surface area contributed by atoms with Crippen molar-refractivity contribution in [3.8, 4) is 11.5 Å². The van der Waals surface area contributed by atoms with Gasteiger partial charge >= 0.3 is 0 Å². The number of carbonyl (C=O) groups is 1. The summed E-state index contributed by atoms with van der Waals surface area (Å²) in [5.74, 6) is 0.788. The lowest BCUT2D eigenvalue weighted by Crippen LogP contribution is -2.07. The molecule has 4 nitrogen and oxygen atoms in total. The molecule has 1 heterocycles. The smallest absolute Gasteiger partial charge is 0.248 e. The Labute approximate surface area is 186 Å². The van der Waals surface area contributed by atoms with Gasteiger partial charge in [0.1, 0.15) is 5.52 Å². The van der Waals surface area contributed by atoms with E-state index in [1.54, 1.807) is 18.2 Å².